The first-order chi connectivity index (χ1) is 11.7. The Hall–Kier alpha value is -1.34. The molecule has 0 aromatic heterocycles. The molecule has 7 heteroatoms. The van der Waals surface area contributed by atoms with Crippen LogP contribution in [0.15, 0.2) is 4.99 Å². The molecule has 1 amide bonds. The molecule has 0 radical (unpaired) electrons. The lowest BCUT2D eigenvalue weighted by Gasteiger charge is -2.40. The molecule has 1 aliphatic heterocycles. The minimum Gasteiger partial charge on any atom is -0.379 e. The van der Waals surface area contributed by atoms with E-state index in [1.807, 2.05) is 27.7 Å². The van der Waals surface area contributed by atoms with Crippen molar-refractivity contribution in [2.24, 2.45) is 10.4 Å². The van der Waals surface area contributed by atoms with Crippen LogP contribution in [0.5, 0.6) is 0 Å². The predicted molar refractivity (Wildman–Crippen MR) is 103 cm³/mol. The van der Waals surface area contributed by atoms with Crippen LogP contribution in [0.25, 0.3) is 0 Å². The van der Waals surface area contributed by atoms with Gasteiger partial charge in [0.05, 0.1) is 25.2 Å². The highest BCUT2D eigenvalue weighted by Crippen LogP contribution is 2.17. The minimum absolute atomic E-state index is 0.0266. The number of ether oxygens (including phenoxy) is 1. The third kappa shape index (κ3) is 7.20. The van der Waals surface area contributed by atoms with Gasteiger partial charge < -0.3 is 20.7 Å². The molecule has 0 atom stereocenters. The number of morpholine rings is 1. The quantitative estimate of drug-likeness (QED) is 0.444. The third-order valence-electron chi connectivity index (χ3n) is 4.49. The Bertz CT molecular complexity index is 443. The van der Waals surface area contributed by atoms with Gasteiger partial charge in [0.25, 0.3) is 0 Å². The van der Waals surface area contributed by atoms with Crippen molar-refractivity contribution in [2.45, 2.75) is 47.1 Å². The molecule has 1 saturated heterocycles. The number of guanidine groups is 1. The first kappa shape index (κ1) is 21.7. The topological polar surface area (TPSA) is 78.0 Å². The van der Waals surface area contributed by atoms with Crippen LogP contribution in [-0.2, 0) is 9.53 Å². The average molecular weight is 356 g/mol. The van der Waals surface area contributed by atoms with E-state index in [1.54, 1.807) is 0 Å². The van der Waals surface area contributed by atoms with Crippen molar-refractivity contribution in [3.05, 3.63) is 0 Å². The Morgan fingerprint density at radius 3 is 2.20 bits per heavy atom. The van der Waals surface area contributed by atoms with Crippen LogP contribution >= 0.6 is 0 Å². The molecule has 1 aliphatic rings. The lowest BCUT2D eigenvalue weighted by molar-refractivity contribution is -0.128. The Balaban J connectivity index is 2.65. The number of carbonyl (C=O) groups is 1. The van der Waals surface area contributed by atoms with E-state index in [-0.39, 0.29) is 11.4 Å². The number of nitrogens with one attached hydrogen (secondary N) is 3. The predicted octanol–water partition coefficient (Wildman–Crippen LogP) is 0.815. The number of hydrogen-bond donors (Lipinski definition) is 3. The first-order valence-corrected chi connectivity index (χ1v) is 9.36. The van der Waals surface area contributed by atoms with Gasteiger partial charge in [0.1, 0.15) is 0 Å². The maximum absolute atomic E-state index is 12.1. The molecule has 0 saturated carbocycles. The SMILES string of the molecule is CCNC(=O)C(C)(C)CNC(=NCC(C)(C)N1CCOCC1)NCC. The van der Waals surface area contributed by atoms with Gasteiger partial charge in [-0.2, -0.15) is 0 Å². The highest BCUT2D eigenvalue weighted by atomic mass is 16.5. The number of amides is 1. The molecule has 0 spiro atoms. The van der Waals surface area contributed by atoms with Gasteiger partial charge in [0.15, 0.2) is 5.96 Å². The Morgan fingerprint density at radius 2 is 1.64 bits per heavy atom. The van der Waals surface area contributed by atoms with E-state index in [0.29, 0.717) is 19.6 Å². The molecule has 0 bridgehead atoms. The van der Waals surface area contributed by atoms with Crippen LogP contribution in [0.2, 0.25) is 0 Å². The van der Waals surface area contributed by atoms with Gasteiger partial charge in [-0.1, -0.05) is 0 Å². The molecule has 0 aliphatic carbocycles. The summed E-state index contributed by atoms with van der Waals surface area (Å²) in [5, 5.41) is 9.46. The van der Waals surface area contributed by atoms with E-state index in [2.05, 4.69) is 34.7 Å². The maximum atomic E-state index is 12.1. The van der Waals surface area contributed by atoms with Crippen molar-refractivity contribution in [3.63, 3.8) is 0 Å². The number of hydrogen-bond acceptors (Lipinski definition) is 4. The molecule has 3 N–H and O–H groups in total. The summed E-state index contributed by atoms with van der Waals surface area (Å²) < 4.78 is 5.44. The van der Waals surface area contributed by atoms with Crippen LogP contribution < -0.4 is 16.0 Å². The zero-order valence-electron chi connectivity index (χ0n) is 16.9. The molecular weight excluding hydrogens is 318 g/mol. The van der Waals surface area contributed by atoms with Crippen LogP contribution in [-0.4, -0.2) is 74.8 Å². The van der Waals surface area contributed by atoms with E-state index in [1.165, 1.54) is 0 Å². The Morgan fingerprint density at radius 1 is 1.04 bits per heavy atom. The highest BCUT2D eigenvalue weighted by Gasteiger charge is 2.29. The molecular formula is C18H37N5O2. The smallest absolute Gasteiger partial charge is 0.227 e. The molecule has 146 valence electrons. The summed E-state index contributed by atoms with van der Waals surface area (Å²) in [5.74, 6) is 0.799. The van der Waals surface area contributed by atoms with Crippen LogP contribution in [0, 0.1) is 5.41 Å². The van der Waals surface area contributed by atoms with E-state index >= 15 is 0 Å². The van der Waals surface area contributed by atoms with Crippen molar-refractivity contribution in [1.82, 2.24) is 20.9 Å². The molecule has 1 rings (SSSR count). The van der Waals surface area contributed by atoms with E-state index < -0.39 is 5.41 Å². The van der Waals surface area contributed by atoms with Crippen molar-refractivity contribution in [3.8, 4) is 0 Å². The van der Waals surface area contributed by atoms with Gasteiger partial charge in [-0.25, -0.2) is 0 Å². The van der Waals surface area contributed by atoms with Gasteiger partial charge in [0.2, 0.25) is 5.91 Å². The highest BCUT2D eigenvalue weighted by molar-refractivity contribution is 5.84. The van der Waals surface area contributed by atoms with E-state index in [9.17, 15) is 4.79 Å². The van der Waals surface area contributed by atoms with E-state index in [4.69, 9.17) is 9.73 Å². The number of rotatable bonds is 8. The third-order valence-corrected chi connectivity index (χ3v) is 4.49. The monoisotopic (exact) mass is 355 g/mol. The minimum atomic E-state index is -0.494. The van der Waals surface area contributed by atoms with Crippen molar-refractivity contribution < 1.29 is 9.53 Å². The lowest BCUT2D eigenvalue weighted by atomic mass is 9.92. The zero-order chi connectivity index (χ0) is 18.9. The average Bonchev–Trinajstić information content (AvgIpc) is 2.58. The van der Waals surface area contributed by atoms with Crippen LogP contribution in [0.4, 0.5) is 0 Å². The molecule has 0 unspecified atom stereocenters. The van der Waals surface area contributed by atoms with Gasteiger partial charge in [0, 0.05) is 38.3 Å². The number of aliphatic imine (C=N–C) groups is 1. The van der Waals surface area contributed by atoms with Gasteiger partial charge in [-0.15, -0.1) is 0 Å². The normalized spacial score (nSPS) is 17.3. The summed E-state index contributed by atoms with van der Waals surface area (Å²) >= 11 is 0. The second-order valence-electron chi connectivity index (χ2n) is 7.70. The summed E-state index contributed by atoms with van der Waals surface area (Å²) in [6.45, 7) is 18.4. The van der Waals surface area contributed by atoms with Gasteiger partial charge in [-0.3, -0.25) is 14.7 Å². The second-order valence-corrected chi connectivity index (χ2v) is 7.70. The number of carbonyl (C=O) groups excluding carboxylic acids is 1. The van der Waals surface area contributed by atoms with Gasteiger partial charge in [-0.05, 0) is 41.5 Å². The molecule has 1 heterocycles. The maximum Gasteiger partial charge on any atom is 0.227 e. The van der Waals surface area contributed by atoms with Crippen LogP contribution in [0.3, 0.4) is 0 Å². The molecule has 0 aromatic carbocycles. The molecule has 0 aromatic rings. The van der Waals surface area contributed by atoms with Gasteiger partial charge >= 0.3 is 0 Å². The first-order valence-electron chi connectivity index (χ1n) is 9.36. The fourth-order valence-electron chi connectivity index (χ4n) is 2.67. The summed E-state index contributed by atoms with van der Waals surface area (Å²) in [6, 6.07) is 0. The fourth-order valence-corrected chi connectivity index (χ4v) is 2.67. The second kappa shape index (κ2) is 9.97. The standard InChI is InChI=1S/C18H37N5O2/c1-7-19-15(24)17(3,4)13-21-16(20-8-2)22-14-18(5,6)23-9-11-25-12-10-23/h7-14H2,1-6H3,(H,19,24)(H2,20,21,22). The lowest BCUT2D eigenvalue weighted by Crippen LogP contribution is -2.52. The van der Waals surface area contributed by atoms with E-state index in [0.717, 1.165) is 38.8 Å². The summed E-state index contributed by atoms with van der Waals surface area (Å²) in [7, 11) is 0. The molecule has 7 nitrogen and oxygen atoms in total. The molecule has 1 fully saturated rings. The molecule has 25 heavy (non-hydrogen) atoms. The largest absolute Gasteiger partial charge is 0.379 e. The summed E-state index contributed by atoms with van der Waals surface area (Å²) in [4.78, 5) is 19.3. The van der Waals surface area contributed by atoms with Crippen molar-refractivity contribution in [1.29, 1.82) is 0 Å². The Labute approximate surface area is 153 Å². The summed E-state index contributed by atoms with van der Waals surface area (Å²) in [5.41, 5.74) is -0.521. The Kier molecular flexibility index (Phi) is 8.65. The zero-order valence-corrected chi connectivity index (χ0v) is 16.9. The van der Waals surface area contributed by atoms with Crippen LogP contribution in [0.1, 0.15) is 41.5 Å². The fraction of sp³-hybridized carbons (Fsp3) is 0.889. The number of nitrogens with zero attached hydrogens (tertiary/aromatic N) is 2. The summed E-state index contributed by atoms with van der Waals surface area (Å²) in [6.07, 6.45) is 0. The van der Waals surface area contributed by atoms with Crippen molar-refractivity contribution in [2.75, 3.05) is 52.5 Å². The van der Waals surface area contributed by atoms with Crippen molar-refractivity contribution >= 4 is 11.9 Å².